The van der Waals surface area contributed by atoms with Crippen molar-refractivity contribution in [1.82, 2.24) is 20.1 Å². The van der Waals surface area contributed by atoms with E-state index in [0.717, 1.165) is 0 Å². The van der Waals surface area contributed by atoms with Gasteiger partial charge >= 0.3 is 5.97 Å². The standard InChI is InChI=1S/C14H12N4O4/c1-17-8-9(15-16-17)6-7-12(19)22-18-13(20)10-4-2-3-5-11(10)14(18)21/h2-5,8H,6-7H2,1H3. The second kappa shape index (κ2) is 5.40. The summed E-state index contributed by atoms with van der Waals surface area (Å²) in [6.45, 7) is 0. The van der Waals surface area contributed by atoms with Gasteiger partial charge in [0.15, 0.2) is 0 Å². The first-order valence-electron chi connectivity index (χ1n) is 6.60. The second-order valence-corrected chi connectivity index (χ2v) is 4.80. The molecule has 8 nitrogen and oxygen atoms in total. The summed E-state index contributed by atoms with van der Waals surface area (Å²) in [4.78, 5) is 40.7. The minimum absolute atomic E-state index is 0.00784. The molecule has 1 aromatic carbocycles. The lowest BCUT2D eigenvalue weighted by Gasteiger charge is -2.12. The summed E-state index contributed by atoms with van der Waals surface area (Å²) in [6.07, 6.45) is 1.98. The van der Waals surface area contributed by atoms with Crippen molar-refractivity contribution in [2.45, 2.75) is 12.8 Å². The first kappa shape index (κ1) is 13.9. The highest BCUT2D eigenvalue weighted by atomic mass is 16.7. The van der Waals surface area contributed by atoms with Crippen molar-refractivity contribution in [2.24, 2.45) is 7.05 Å². The lowest BCUT2D eigenvalue weighted by molar-refractivity contribution is -0.168. The van der Waals surface area contributed by atoms with E-state index in [1.807, 2.05) is 0 Å². The van der Waals surface area contributed by atoms with Gasteiger partial charge in [0.1, 0.15) is 0 Å². The van der Waals surface area contributed by atoms with Crippen molar-refractivity contribution in [1.29, 1.82) is 0 Å². The Morgan fingerprint density at radius 1 is 1.18 bits per heavy atom. The van der Waals surface area contributed by atoms with Gasteiger partial charge in [-0.3, -0.25) is 14.3 Å². The number of aryl methyl sites for hydroxylation is 2. The zero-order valence-electron chi connectivity index (χ0n) is 11.7. The van der Waals surface area contributed by atoms with Crippen LogP contribution in [0, 0.1) is 0 Å². The van der Waals surface area contributed by atoms with Crippen molar-refractivity contribution < 1.29 is 19.2 Å². The van der Waals surface area contributed by atoms with Gasteiger partial charge in [-0.05, 0) is 12.1 Å². The van der Waals surface area contributed by atoms with E-state index in [4.69, 9.17) is 4.84 Å². The first-order valence-corrected chi connectivity index (χ1v) is 6.60. The Bertz CT molecular complexity index is 733. The number of imide groups is 1. The van der Waals surface area contributed by atoms with E-state index in [1.165, 1.54) is 16.8 Å². The van der Waals surface area contributed by atoms with Gasteiger partial charge in [0.05, 0.1) is 23.2 Å². The maximum absolute atomic E-state index is 12.0. The molecule has 0 N–H and O–H groups in total. The Hall–Kier alpha value is -3.03. The van der Waals surface area contributed by atoms with E-state index in [9.17, 15) is 14.4 Å². The van der Waals surface area contributed by atoms with Crippen LogP contribution in [0.15, 0.2) is 30.5 Å². The highest BCUT2D eigenvalue weighted by Crippen LogP contribution is 2.22. The van der Waals surface area contributed by atoms with Crippen LogP contribution in [0.3, 0.4) is 0 Å². The summed E-state index contributed by atoms with van der Waals surface area (Å²) in [5.74, 6) is -1.94. The molecule has 3 rings (SSSR count). The normalized spacial score (nSPS) is 13.4. The van der Waals surface area contributed by atoms with E-state index in [0.29, 0.717) is 17.2 Å². The topological polar surface area (TPSA) is 94.4 Å². The Labute approximate surface area is 125 Å². The number of benzene rings is 1. The number of rotatable bonds is 4. The molecule has 0 radical (unpaired) electrons. The summed E-state index contributed by atoms with van der Waals surface area (Å²) >= 11 is 0. The van der Waals surface area contributed by atoms with Crippen LogP contribution in [0.5, 0.6) is 0 Å². The van der Waals surface area contributed by atoms with Gasteiger partial charge in [-0.1, -0.05) is 22.4 Å². The SMILES string of the molecule is Cn1cc(CCC(=O)ON2C(=O)c3ccccc3C2=O)nn1. The predicted octanol–water partition coefficient (Wildman–Crippen LogP) is 0.502. The molecule has 2 amide bonds. The van der Waals surface area contributed by atoms with Crippen LogP contribution < -0.4 is 0 Å². The number of hydrogen-bond donors (Lipinski definition) is 0. The number of carbonyl (C=O) groups excluding carboxylic acids is 3. The van der Waals surface area contributed by atoms with Gasteiger partial charge in [-0.25, -0.2) is 4.79 Å². The van der Waals surface area contributed by atoms with Crippen LogP contribution in [-0.4, -0.2) is 37.8 Å². The predicted molar refractivity (Wildman–Crippen MR) is 72.4 cm³/mol. The van der Waals surface area contributed by atoms with E-state index in [1.54, 1.807) is 25.4 Å². The summed E-state index contributed by atoms with van der Waals surface area (Å²) in [5.41, 5.74) is 1.09. The van der Waals surface area contributed by atoms with Crippen molar-refractivity contribution in [3.8, 4) is 0 Å². The van der Waals surface area contributed by atoms with Gasteiger partial charge in [-0.2, -0.15) is 0 Å². The number of carbonyl (C=O) groups is 3. The third-order valence-corrected chi connectivity index (χ3v) is 3.19. The van der Waals surface area contributed by atoms with Crippen molar-refractivity contribution in [3.63, 3.8) is 0 Å². The Kier molecular flexibility index (Phi) is 3.42. The quantitative estimate of drug-likeness (QED) is 0.763. The molecule has 0 spiro atoms. The van der Waals surface area contributed by atoms with Gasteiger partial charge in [0.25, 0.3) is 11.8 Å². The van der Waals surface area contributed by atoms with Gasteiger partial charge in [-0.15, -0.1) is 5.10 Å². The van der Waals surface area contributed by atoms with Crippen molar-refractivity contribution >= 4 is 17.8 Å². The summed E-state index contributed by atoms with van der Waals surface area (Å²) < 4.78 is 1.52. The van der Waals surface area contributed by atoms with E-state index >= 15 is 0 Å². The van der Waals surface area contributed by atoms with Gasteiger partial charge < -0.3 is 4.84 Å². The largest absolute Gasteiger partial charge is 0.333 e. The van der Waals surface area contributed by atoms with Gasteiger partial charge in [0.2, 0.25) is 0 Å². The van der Waals surface area contributed by atoms with E-state index < -0.39 is 17.8 Å². The Morgan fingerprint density at radius 2 is 1.82 bits per heavy atom. The molecule has 0 bridgehead atoms. The summed E-state index contributed by atoms with van der Waals surface area (Å²) in [7, 11) is 1.72. The van der Waals surface area contributed by atoms with Crippen LogP contribution in [0.2, 0.25) is 0 Å². The van der Waals surface area contributed by atoms with Crippen molar-refractivity contribution in [2.75, 3.05) is 0 Å². The second-order valence-electron chi connectivity index (χ2n) is 4.80. The molecule has 1 aliphatic heterocycles. The highest BCUT2D eigenvalue weighted by Gasteiger charge is 2.38. The number of nitrogens with zero attached hydrogens (tertiary/aromatic N) is 4. The fourth-order valence-electron chi connectivity index (χ4n) is 2.14. The molecular weight excluding hydrogens is 288 g/mol. The molecule has 0 fully saturated rings. The highest BCUT2D eigenvalue weighted by molar-refractivity contribution is 6.20. The smallest absolute Gasteiger partial charge is 0.330 e. The summed E-state index contributed by atoms with van der Waals surface area (Å²) in [5, 5.41) is 8.09. The molecule has 1 aromatic heterocycles. The number of fused-ring (bicyclic) bond motifs is 1. The lowest BCUT2D eigenvalue weighted by Crippen LogP contribution is -2.32. The molecule has 0 aliphatic carbocycles. The number of hydrogen-bond acceptors (Lipinski definition) is 6. The zero-order valence-corrected chi connectivity index (χ0v) is 11.7. The molecule has 8 heteroatoms. The molecule has 2 aromatic rings. The third-order valence-electron chi connectivity index (χ3n) is 3.19. The molecule has 0 unspecified atom stereocenters. The first-order chi connectivity index (χ1) is 10.6. The minimum Gasteiger partial charge on any atom is -0.330 e. The molecule has 0 saturated heterocycles. The Morgan fingerprint density at radius 3 is 2.36 bits per heavy atom. The number of hydroxylamine groups is 2. The fraction of sp³-hybridized carbons (Fsp3) is 0.214. The molecule has 1 aliphatic rings. The van der Waals surface area contributed by atoms with Crippen LogP contribution in [0.4, 0.5) is 0 Å². The van der Waals surface area contributed by atoms with E-state index in [-0.39, 0.29) is 17.5 Å². The van der Waals surface area contributed by atoms with Crippen LogP contribution in [0.1, 0.15) is 32.8 Å². The third kappa shape index (κ3) is 2.46. The molecule has 2 heterocycles. The van der Waals surface area contributed by atoms with Crippen LogP contribution in [0.25, 0.3) is 0 Å². The van der Waals surface area contributed by atoms with E-state index in [2.05, 4.69) is 10.3 Å². The maximum atomic E-state index is 12.0. The van der Waals surface area contributed by atoms with Crippen LogP contribution >= 0.6 is 0 Å². The molecule has 0 saturated carbocycles. The van der Waals surface area contributed by atoms with Crippen LogP contribution in [-0.2, 0) is 23.1 Å². The van der Waals surface area contributed by atoms with Gasteiger partial charge in [0, 0.05) is 19.7 Å². The average molecular weight is 300 g/mol. The molecule has 0 atom stereocenters. The fourth-order valence-corrected chi connectivity index (χ4v) is 2.14. The maximum Gasteiger partial charge on any atom is 0.333 e. The molecule has 112 valence electrons. The summed E-state index contributed by atoms with van der Waals surface area (Å²) in [6, 6.07) is 6.32. The zero-order chi connectivity index (χ0) is 15.7. The molecular formula is C14H12N4O4. The number of amides is 2. The average Bonchev–Trinajstić information content (AvgIpc) is 3.03. The molecule has 22 heavy (non-hydrogen) atoms. The van der Waals surface area contributed by atoms with Crippen molar-refractivity contribution in [3.05, 3.63) is 47.3 Å². The monoisotopic (exact) mass is 300 g/mol. The lowest BCUT2D eigenvalue weighted by atomic mass is 10.1. The Balaban J connectivity index is 1.63. The minimum atomic E-state index is -0.680. The number of aromatic nitrogens is 3.